The molecule has 13 heteroatoms. The van der Waals surface area contributed by atoms with Gasteiger partial charge in [-0.05, 0) is 19.1 Å². The van der Waals surface area contributed by atoms with E-state index in [1.165, 1.54) is 12.1 Å². The predicted octanol–water partition coefficient (Wildman–Crippen LogP) is -3.13. The van der Waals surface area contributed by atoms with E-state index in [4.69, 9.17) is 23.7 Å². The number of hydrogen-bond donors (Lipinski definition) is 7. The predicted molar refractivity (Wildman–Crippen MR) is 109 cm³/mol. The van der Waals surface area contributed by atoms with Crippen LogP contribution in [0, 0.1) is 0 Å². The first-order valence-electron chi connectivity index (χ1n) is 10.7. The highest BCUT2D eigenvalue weighted by molar-refractivity contribution is 5.92. The number of hydrogen-bond acceptors (Lipinski definition) is 13. The lowest BCUT2D eigenvalue weighted by Crippen LogP contribution is -2.65. The zero-order chi connectivity index (χ0) is 25.0. The molecule has 2 fully saturated rings. The van der Waals surface area contributed by atoms with E-state index in [1.807, 2.05) is 0 Å². The van der Waals surface area contributed by atoms with E-state index in [0.717, 1.165) is 0 Å². The summed E-state index contributed by atoms with van der Waals surface area (Å²) in [6.07, 6.45) is -15.8. The SMILES string of the molecule is CCOC(=O)c1ccccc1O[C@@H]1O[C@H](CO)[C@@H](O[C@@H]2O[C@H](CO)[C@H](O)[C@H](O)[C@H]2O)[C@H](O)[C@H]1O. The normalized spacial score (nSPS) is 38.4. The molecule has 1 aromatic carbocycles. The average molecular weight is 490 g/mol. The van der Waals surface area contributed by atoms with Gasteiger partial charge in [0.25, 0.3) is 0 Å². The summed E-state index contributed by atoms with van der Waals surface area (Å²) in [5.41, 5.74) is 0.0508. The summed E-state index contributed by atoms with van der Waals surface area (Å²) in [5.74, 6) is -0.673. The molecule has 2 aliphatic heterocycles. The molecule has 0 bridgehead atoms. The van der Waals surface area contributed by atoms with E-state index in [9.17, 15) is 40.5 Å². The average Bonchev–Trinajstić information content (AvgIpc) is 2.84. The Balaban J connectivity index is 1.75. The fraction of sp³-hybridized carbons (Fsp3) is 0.667. The molecule has 2 heterocycles. The van der Waals surface area contributed by atoms with Crippen molar-refractivity contribution >= 4 is 5.97 Å². The molecule has 0 spiro atoms. The van der Waals surface area contributed by atoms with Crippen LogP contribution >= 0.6 is 0 Å². The third kappa shape index (κ3) is 5.49. The van der Waals surface area contributed by atoms with Gasteiger partial charge in [0, 0.05) is 0 Å². The van der Waals surface area contributed by atoms with E-state index in [1.54, 1.807) is 19.1 Å². The second-order valence-corrected chi connectivity index (χ2v) is 7.84. The molecule has 0 amide bonds. The maximum absolute atomic E-state index is 12.2. The summed E-state index contributed by atoms with van der Waals surface area (Å²) in [4.78, 5) is 12.2. The monoisotopic (exact) mass is 490 g/mol. The molecule has 2 aliphatic rings. The topological polar surface area (TPSA) is 205 Å². The fourth-order valence-corrected chi connectivity index (χ4v) is 3.72. The summed E-state index contributed by atoms with van der Waals surface area (Å²) >= 11 is 0. The van der Waals surface area contributed by atoms with Crippen molar-refractivity contribution in [1.82, 2.24) is 0 Å². The van der Waals surface area contributed by atoms with Gasteiger partial charge in [0.05, 0.1) is 19.8 Å². The van der Waals surface area contributed by atoms with Gasteiger partial charge in [0.2, 0.25) is 6.29 Å². The molecule has 0 radical (unpaired) electrons. The smallest absolute Gasteiger partial charge is 0.341 e. The van der Waals surface area contributed by atoms with E-state index < -0.39 is 80.6 Å². The molecule has 192 valence electrons. The van der Waals surface area contributed by atoms with Crippen LogP contribution in [0.3, 0.4) is 0 Å². The number of carbonyl (C=O) groups excluding carboxylic acids is 1. The minimum absolute atomic E-state index is 0.00203. The largest absolute Gasteiger partial charge is 0.462 e. The first kappa shape index (κ1) is 26.7. The van der Waals surface area contributed by atoms with Crippen LogP contribution in [0.15, 0.2) is 24.3 Å². The molecule has 7 N–H and O–H groups in total. The summed E-state index contributed by atoms with van der Waals surface area (Å²) in [5, 5.41) is 70.4. The summed E-state index contributed by atoms with van der Waals surface area (Å²) in [7, 11) is 0. The molecule has 0 aromatic heterocycles. The number of esters is 1. The Hall–Kier alpha value is -1.91. The maximum atomic E-state index is 12.2. The molecular weight excluding hydrogens is 460 g/mol. The minimum Gasteiger partial charge on any atom is -0.462 e. The second kappa shape index (κ2) is 11.7. The molecular formula is C21H30O13. The number of aliphatic hydroxyl groups is 7. The Morgan fingerprint density at radius 1 is 0.853 bits per heavy atom. The van der Waals surface area contributed by atoms with E-state index >= 15 is 0 Å². The maximum Gasteiger partial charge on any atom is 0.341 e. The van der Waals surface area contributed by atoms with Gasteiger partial charge >= 0.3 is 5.97 Å². The van der Waals surface area contributed by atoms with Gasteiger partial charge in [-0.1, -0.05) is 12.1 Å². The number of benzene rings is 1. The second-order valence-electron chi connectivity index (χ2n) is 7.84. The first-order valence-corrected chi connectivity index (χ1v) is 10.7. The van der Waals surface area contributed by atoms with Crippen molar-refractivity contribution < 1.29 is 64.2 Å². The number of para-hydroxylation sites is 1. The van der Waals surface area contributed by atoms with Crippen LogP contribution in [-0.2, 0) is 18.9 Å². The molecule has 10 atom stereocenters. The van der Waals surface area contributed by atoms with E-state index in [-0.39, 0.29) is 17.9 Å². The van der Waals surface area contributed by atoms with Crippen molar-refractivity contribution in [3.63, 3.8) is 0 Å². The van der Waals surface area contributed by atoms with Crippen LogP contribution in [0.1, 0.15) is 17.3 Å². The van der Waals surface area contributed by atoms with Crippen molar-refractivity contribution in [2.75, 3.05) is 19.8 Å². The van der Waals surface area contributed by atoms with Crippen LogP contribution in [-0.4, -0.2) is 123 Å². The first-order chi connectivity index (χ1) is 16.2. The zero-order valence-corrected chi connectivity index (χ0v) is 18.3. The Morgan fingerprint density at radius 2 is 1.47 bits per heavy atom. The van der Waals surface area contributed by atoms with Crippen LogP contribution < -0.4 is 4.74 Å². The van der Waals surface area contributed by atoms with Crippen molar-refractivity contribution in [2.45, 2.75) is 68.3 Å². The molecule has 13 nitrogen and oxygen atoms in total. The van der Waals surface area contributed by atoms with Gasteiger partial charge in [-0.25, -0.2) is 4.79 Å². The van der Waals surface area contributed by atoms with Gasteiger partial charge in [-0.2, -0.15) is 0 Å². The van der Waals surface area contributed by atoms with E-state index in [0.29, 0.717) is 0 Å². The van der Waals surface area contributed by atoms with Crippen LogP contribution in [0.2, 0.25) is 0 Å². The lowest BCUT2D eigenvalue weighted by Gasteiger charge is -2.45. The van der Waals surface area contributed by atoms with Crippen LogP contribution in [0.5, 0.6) is 5.75 Å². The Kier molecular flexibility index (Phi) is 9.17. The summed E-state index contributed by atoms with van der Waals surface area (Å²) in [6, 6.07) is 6.01. The summed E-state index contributed by atoms with van der Waals surface area (Å²) < 4.78 is 26.9. The molecule has 2 saturated heterocycles. The highest BCUT2D eigenvalue weighted by Gasteiger charge is 2.51. The van der Waals surface area contributed by atoms with Crippen molar-refractivity contribution in [3.05, 3.63) is 29.8 Å². The van der Waals surface area contributed by atoms with Crippen molar-refractivity contribution in [3.8, 4) is 5.75 Å². The summed E-state index contributed by atoms with van der Waals surface area (Å²) in [6.45, 7) is 0.340. The highest BCUT2D eigenvalue weighted by Crippen LogP contribution is 2.31. The van der Waals surface area contributed by atoms with Gasteiger partial charge < -0.3 is 59.4 Å². The number of aliphatic hydroxyl groups excluding tert-OH is 7. The van der Waals surface area contributed by atoms with Gasteiger partial charge in [-0.3, -0.25) is 0 Å². The lowest BCUT2D eigenvalue weighted by atomic mass is 9.97. The molecule has 0 aliphatic carbocycles. The number of carbonyl (C=O) groups is 1. The van der Waals surface area contributed by atoms with Gasteiger partial charge in [0.1, 0.15) is 60.1 Å². The van der Waals surface area contributed by atoms with Crippen LogP contribution in [0.4, 0.5) is 0 Å². The van der Waals surface area contributed by atoms with Gasteiger partial charge in [-0.15, -0.1) is 0 Å². The van der Waals surface area contributed by atoms with Crippen molar-refractivity contribution in [1.29, 1.82) is 0 Å². The van der Waals surface area contributed by atoms with Crippen molar-refractivity contribution in [2.24, 2.45) is 0 Å². The molecule has 0 unspecified atom stereocenters. The molecule has 34 heavy (non-hydrogen) atoms. The zero-order valence-electron chi connectivity index (χ0n) is 18.3. The third-order valence-corrected chi connectivity index (χ3v) is 5.59. The Labute approximate surface area is 194 Å². The Morgan fingerprint density at radius 3 is 2.12 bits per heavy atom. The third-order valence-electron chi connectivity index (χ3n) is 5.59. The standard InChI is InChI=1S/C21H30O13/c1-2-30-19(29)9-5-3-4-6-10(9)31-20-17(28)15(26)18(12(8-23)33-20)34-21-16(27)14(25)13(24)11(7-22)32-21/h3-6,11-18,20-28H,2,7-8H2,1H3/t11-,12-,13+,14+,15-,16-,17-,18-,20-,21+/m1/s1. The quantitative estimate of drug-likeness (QED) is 0.180. The number of ether oxygens (including phenoxy) is 5. The molecule has 1 aromatic rings. The molecule has 3 rings (SSSR count). The van der Waals surface area contributed by atoms with Gasteiger partial charge in [0.15, 0.2) is 6.29 Å². The Bertz CT molecular complexity index is 803. The number of rotatable bonds is 8. The minimum atomic E-state index is -1.77. The van der Waals surface area contributed by atoms with Crippen LogP contribution in [0.25, 0.3) is 0 Å². The fourth-order valence-electron chi connectivity index (χ4n) is 3.72. The highest BCUT2D eigenvalue weighted by atomic mass is 16.7. The molecule has 0 saturated carbocycles. The lowest BCUT2D eigenvalue weighted by molar-refractivity contribution is -0.352. The van der Waals surface area contributed by atoms with E-state index in [2.05, 4.69) is 0 Å².